The van der Waals surface area contributed by atoms with Gasteiger partial charge in [0.2, 0.25) is 5.91 Å². The molecule has 1 N–H and O–H groups in total. The highest BCUT2D eigenvalue weighted by Crippen LogP contribution is 2.29. The van der Waals surface area contributed by atoms with Gasteiger partial charge in [-0.3, -0.25) is 9.59 Å². The fraction of sp³-hybridized carbons (Fsp3) is 0.458. The van der Waals surface area contributed by atoms with Gasteiger partial charge in [0.25, 0.3) is 5.91 Å². The smallest absolute Gasteiger partial charge is 0.270 e. The van der Waals surface area contributed by atoms with Crippen molar-refractivity contribution in [2.75, 3.05) is 20.2 Å². The van der Waals surface area contributed by atoms with Crippen LogP contribution in [0, 0.1) is 18.7 Å². The van der Waals surface area contributed by atoms with Crippen LogP contribution < -0.4 is 10.1 Å². The lowest BCUT2D eigenvalue weighted by molar-refractivity contribution is -0.130. The number of benzene rings is 1. The maximum absolute atomic E-state index is 13.6. The molecule has 2 aliphatic heterocycles. The molecule has 2 amide bonds. The SMILES string of the molecule is COc1cc(CNC(=O)c2cc(C3=NOC(C4CCN(C(C)=O)CC4)C3)nc(C)n2)ccc1F. The van der Waals surface area contributed by atoms with E-state index in [0.717, 1.165) is 25.9 Å². The van der Waals surface area contributed by atoms with Crippen LogP contribution in [-0.4, -0.2) is 58.7 Å². The van der Waals surface area contributed by atoms with E-state index in [2.05, 4.69) is 20.4 Å². The number of aromatic nitrogens is 2. The second-order valence-electron chi connectivity index (χ2n) is 8.57. The standard InChI is InChI=1S/C24H28FN5O4/c1-14-27-19(20-12-22(34-29-20)17-6-8-30(9-7-17)15(2)31)11-21(28-14)24(32)26-13-16-4-5-18(25)23(10-16)33-3/h4-5,10-11,17,22H,6-9,12-13H2,1-3H3,(H,26,32). The van der Waals surface area contributed by atoms with Gasteiger partial charge in [0, 0.05) is 38.9 Å². The first-order chi connectivity index (χ1) is 16.3. The quantitative estimate of drug-likeness (QED) is 0.697. The summed E-state index contributed by atoms with van der Waals surface area (Å²) in [5, 5.41) is 7.04. The van der Waals surface area contributed by atoms with E-state index in [1.807, 2.05) is 4.90 Å². The molecule has 1 atom stereocenters. The van der Waals surface area contributed by atoms with Crippen molar-refractivity contribution in [1.82, 2.24) is 20.2 Å². The van der Waals surface area contributed by atoms with Crippen LogP contribution in [0.2, 0.25) is 0 Å². The molecule has 10 heteroatoms. The Bertz CT molecular complexity index is 1110. The molecule has 0 aliphatic carbocycles. The van der Waals surface area contributed by atoms with Crippen LogP contribution in [0.3, 0.4) is 0 Å². The minimum Gasteiger partial charge on any atom is -0.494 e. The third-order valence-electron chi connectivity index (χ3n) is 6.24. The molecule has 0 radical (unpaired) electrons. The largest absolute Gasteiger partial charge is 0.494 e. The molecule has 1 saturated heterocycles. The number of halogens is 1. The van der Waals surface area contributed by atoms with E-state index in [9.17, 15) is 14.0 Å². The van der Waals surface area contributed by atoms with Gasteiger partial charge in [-0.25, -0.2) is 14.4 Å². The maximum atomic E-state index is 13.6. The predicted molar refractivity (Wildman–Crippen MR) is 122 cm³/mol. The van der Waals surface area contributed by atoms with E-state index in [-0.39, 0.29) is 35.9 Å². The number of amides is 2. The van der Waals surface area contributed by atoms with Gasteiger partial charge in [0.05, 0.1) is 12.8 Å². The number of hydrogen-bond acceptors (Lipinski definition) is 7. The van der Waals surface area contributed by atoms with Crippen molar-refractivity contribution in [3.05, 3.63) is 52.9 Å². The highest BCUT2D eigenvalue weighted by molar-refractivity contribution is 6.01. The van der Waals surface area contributed by atoms with Crippen molar-refractivity contribution in [2.24, 2.45) is 11.1 Å². The van der Waals surface area contributed by atoms with Crippen LogP contribution in [0.5, 0.6) is 5.75 Å². The van der Waals surface area contributed by atoms with Crippen molar-refractivity contribution >= 4 is 17.5 Å². The molecule has 0 bridgehead atoms. The number of carbonyl (C=O) groups excluding carboxylic acids is 2. The van der Waals surface area contributed by atoms with Gasteiger partial charge in [-0.2, -0.15) is 0 Å². The fourth-order valence-electron chi connectivity index (χ4n) is 4.31. The Morgan fingerprint density at radius 1 is 1.24 bits per heavy atom. The molecule has 3 heterocycles. The second-order valence-corrected chi connectivity index (χ2v) is 8.57. The zero-order valence-corrected chi connectivity index (χ0v) is 19.5. The number of carbonyl (C=O) groups is 2. The van der Waals surface area contributed by atoms with Crippen LogP contribution in [0.4, 0.5) is 4.39 Å². The first kappa shape index (κ1) is 23.6. The molecular weight excluding hydrogens is 441 g/mol. The molecule has 34 heavy (non-hydrogen) atoms. The van der Waals surface area contributed by atoms with E-state index in [1.165, 1.54) is 19.2 Å². The summed E-state index contributed by atoms with van der Waals surface area (Å²) >= 11 is 0. The van der Waals surface area contributed by atoms with Gasteiger partial charge in [0.1, 0.15) is 23.3 Å². The minimum atomic E-state index is -0.462. The molecule has 4 rings (SSSR count). The molecule has 2 aromatic rings. The van der Waals surface area contributed by atoms with E-state index < -0.39 is 5.82 Å². The molecule has 180 valence electrons. The van der Waals surface area contributed by atoms with Crippen LogP contribution in [-0.2, 0) is 16.2 Å². The molecule has 0 saturated carbocycles. The van der Waals surface area contributed by atoms with Crippen molar-refractivity contribution < 1.29 is 23.6 Å². The molecule has 1 aromatic heterocycles. The number of piperidine rings is 1. The molecular formula is C24H28FN5O4. The average Bonchev–Trinajstić information content (AvgIpc) is 3.33. The number of rotatable bonds is 6. The van der Waals surface area contributed by atoms with Gasteiger partial charge in [-0.1, -0.05) is 11.2 Å². The third-order valence-corrected chi connectivity index (χ3v) is 6.24. The van der Waals surface area contributed by atoms with Crippen LogP contribution >= 0.6 is 0 Å². The summed E-state index contributed by atoms with van der Waals surface area (Å²) in [6, 6.07) is 6.03. The van der Waals surface area contributed by atoms with E-state index in [4.69, 9.17) is 9.57 Å². The molecule has 1 aromatic carbocycles. The molecule has 1 unspecified atom stereocenters. The zero-order valence-electron chi connectivity index (χ0n) is 19.5. The Morgan fingerprint density at radius 2 is 2.00 bits per heavy atom. The van der Waals surface area contributed by atoms with Crippen LogP contribution in [0.25, 0.3) is 0 Å². The Hall–Kier alpha value is -3.56. The predicted octanol–water partition coefficient (Wildman–Crippen LogP) is 2.61. The number of ether oxygens (including phenoxy) is 1. The molecule has 2 aliphatic rings. The third kappa shape index (κ3) is 5.32. The minimum absolute atomic E-state index is 0.0647. The first-order valence-corrected chi connectivity index (χ1v) is 11.3. The zero-order chi connectivity index (χ0) is 24.2. The Kier molecular flexibility index (Phi) is 7.04. The van der Waals surface area contributed by atoms with Crippen molar-refractivity contribution in [3.8, 4) is 5.75 Å². The fourth-order valence-corrected chi connectivity index (χ4v) is 4.31. The molecule has 9 nitrogen and oxygen atoms in total. The average molecular weight is 470 g/mol. The normalized spacial score (nSPS) is 18.3. The van der Waals surface area contributed by atoms with Gasteiger partial charge >= 0.3 is 0 Å². The van der Waals surface area contributed by atoms with E-state index >= 15 is 0 Å². The van der Waals surface area contributed by atoms with Crippen LogP contribution in [0.1, 0.15) is 53.8 Å². The maximum Gasteiger partial charge on any atom is 0.270 e. The number of hydrogen-bond donors (Lipinski definition) is 1. The Morgan fingerprint density at radius 3 is 2.71 bits per heavy atom. The summed E-state index contributed by atoms with van der Waals surface area (Å²) < 4.78 is 18.6. The molecule has 1 fully saturated rings. The summed E-state index contributed by atoms with van der Waals surface area (Å²) in [6.07, 6.45) is 2.28. The van der Waals surface area contributed by atoms with Gasteiger partial charge < -0.3 is 19.8 Å². The summed E-state index contributed by atoms with van der Waals surface area (Å²) in [5.74, 6) is 0.150. The van der Waals surface area contributed by atoms with E-state index in [0.29, 0.717) is 35.1 Å². The highest BCUT2D eigenvalue weighted by atomic mass is 19.1. The lowest BCUT2D eigenvalue weighted by Gasteiger charge is -2.33. The van der Waals surface area contributed by atoms with Gasteiger partial charge in [-0.15, -0.1) is 0 Å². The lowest BCUT2D eigenvalue weighted by atomic mass is 9.88. The number of aryl methyl sites for hydroxylation is 1. The van der Waals surface area contributed by atoms with Gasteiger partial charge in [-0.05, 0) is 43.5 Å². The summed E-state index contributed by atoms with van der Waals surface area (Å²) in [5.41, 5.74) is 2.16. The van der Waals surface area contributed by atoms with Crippen molar-refractivity contribution in [1.29, 1.82) is 0 Å². The topological polar surface area (TPSA) is 106 Å². The lowest BCUT2D eigenvalue weighted by Crippen LogP contribution is -2.40. The van der Waals surface area contributed by atoms with E-state index in [1.54, 1.807) is 26.0 Å². The number of methoxy groups -OCH3 is 1. The number of nitrogens with zero attached hydrogens (tertiary/aromatic N) is 4. The Balaban J connectivity index is 1.38. The highest BCUT2D eigenvalue weighted by Gasteiger charge is 2.34. The number of oxime groups is 1. The summed E-state index contributed by atoms with van der Waals surface area (Å²) in [6.45, 7) is 4.96. The first-order valence-electron chi connectivity index (χ1n) is 11.3. The number of nitrogens with one attached hydrogen (secondary N) is 1. The Labute approximate surface area is 197 Å². The summed E-state index contributed by atoms with van der Waals surface area (Å²) in [4.78, 5) is 40.6. The number of likely N-dealkylation sites (tertiary alicyclic amines) is 1. The van der Waals surface area contributed by atoms with Crippen molar-refractivity contribution in [3.63, 3.8) is 0 Å². The molecule has 0 spiro atoms. The summed E-state index contributed by atoms with van der Waals surface area (Å²) in [7, 11) is 1.39. The van der Waals surface area contributed by atoms with Gasteiger partial charge in [0.15, 0.2) is 11.6 Å². The monoisotopic (exact) mass is 469 g/mol. The van der Waals surface area contributed by atoms with Crippen LogP contribution in [0.15, 0.2) is 29.4 Å². The van der Waals surface area contributed by atoms with Crippen molar-refractivity contribution in [2.45, 2.75) is 45.8 Å². The second kappa shape index (κ2) is 10.1.